The first-order valence-corrected chi connectivity index (χ1v) is 7.87. The van der Waals surface area contributed by atoms with Crippen LogP contribution in [0, 0.1) is 0 Å². The van der Waals surface area contributed by atoms with E-state index in [4.69, 9.17) is 9.47 Å². The molecular formula is C15H26N2O8. The molecule has 0 fully saturated rings. The van der Waals surface area contributed by atoms with Gasteiger partial charge in [-0.1, -0.05) is 0 Å². The summed E-state index contributed by atoms with van der Waals surface area (Å²) in [5, 5.41) is 0. The molecule has 0 aromatic heterocycles. The molecule has 0 aromatic rings. The van der Waals surface area contributed by atoms with Crippen LogP contribution in [0.5, 0.6) is 0 Å². The van der Waals surface area contributed by atoms with Crippen molar-refractivity contribution in [1.82, 2.24) is 9.80 Å². The van der Waals surface area contributed by atoms with Gasteiger partial charge >= 0.3 is 5.97 Å². The largest absolute Gasteiger partial charge is 0.467 e. The fourth-order valence-electron chi connectivity index (χ4n) is 1.96. The summed E-state index contributed by atoms with van der Waals surface area (Å²) in [4.78, 5) is 45.5. The number of hydrogen-bond acceptors (Lipinski definition) is 10. The zero-order chi connectivity index (χ0) is 18.8. The van der Waals surface area contributed by atoms with Crippen molar-refractivity contribution >= 4 is 25.4 Å². The first-order chi connectivity index (χ1) is 12.1. The van der Waals surface area contributed by atoms with E-state index in [-0.39, 0.29) is 32.4 Å². The minimum Gasteiger partial charge on any atom is -0.467 e. The van der Waals surface area contributed by atoms with Gasteiger partial charge in [0.15, 0.2) is 0 Å². The molecule has 0 amide bonds. The lowest BCUT2D eigenvalue weighted by Crippen LogP contribution is -2.40. The lowest BCUT2D eigenvalue weighted by atomic mass is 10.4. The smallest absolute Gasteiger partial charge is 0.302 e. The molecule has 0 heterocycles. The molecule has 0 atom stereocenters. The normalized spacial score (nSPS) is 10.4. The lowest BCUT2D eigenvalue weighted by molar-refractivity contribution is -0.141. The van der Waals surface area contributed by atoms with Crippen LogP contribution in [-0.2, 0) is 38.1 Å². The highest BCUT2D eigenvalue weighted by Gasteiger charge is 2.11. The third kappa shape index (κ3) is 15.1. The maximum Gasteiger partial charge on any atom is 0.302 e. The van der Waals surface area contributed by atoms with Gasteiger partial charge in [0.2, 0.25) is 0 Å². The summed E-state index contributed by atoms with van der Waals surface area (Å²) in [6.07, 6.45) is 0. The summed E-state index contributed by atoms with van der Waals surface area (Å²) in [6.45, 7) is 6.55. The molecule has 0 N–H and O–H groups in total. The van der Waals surface area contributed by atoms with Crippen LogP contribution < -0.4 is 0 Å². The first kappa shape index (κ1) is 22.8. The highest BCUT2D eigenvalue weighted by molar-refractivity contribution is 5.65. The van der Waals surface area contributed by atoms with Crippen molar-refractivity contribution in [3.8, 4) is 0 Å². The van der Waals surface area contributed by atoms with E-state index in [2.05, 4.69) is 9.47 Å². The Morgan fingerprint density at radius 2 is 1.04 bits per heavy atom. The quantitative estimate of drug-likeness (QED) is 0.126. The predicted molar refractivity (Wildman–Crippen MR) is 85.6 cm³/mol. The monoisotopic (exact) mass is 362 g/mol. The molecule has 0 radical (unpaired) electrons. The summed E-state index contributed by atoms with van der Waals surface area (Å²) in [6, 6.07) is 0. The Kier molecular flexibility index (Phi) is 15.2. The third-order valence-corrected chi connectivity index (χ3v) is 3.23. The Morgan fingerprint density at radius 1 is 0.680 bits per heavy atom. The van der Waals surface area contributed by atoms with Crippen LogP contribution in [0.1, 0.15) is 6.92 Å². The van der Waals surface area contributed by atoms with E-state index >= 15 is 0 Å². The van der Waals surface area contributed by atoms with Crippen LogP contribution in [-0.4, -0.2) is 101 Å². The average molecular weight is 362 g/mol. The van der Waals surface area contributed by atoms with E-state index in [1.807, 2.05) is 9.80 Å². The van der Waals surface area contributed by atoms with Gasteiger partial charge in [-0.05, 0) is 0 Å². The predicted octanol–water partition coefficient (Wildman–Crippen LogP) is -1.33. The molecule has 0 aliphatic rings. The molecule has 10 heteroatoms. The minimum absolute atomic E-state index is 0.228. The van der Waals surface area contributed by atoms with E-state index in [1.54, 1.807) is 0 Å². The number of rotatable bonds is 18. The van der Waals surface area contributed by atoms with E-state index < -0.39 is 0 Å². The molecule has 0 rings (SSSR count). The molecule has 0 saturated heterocycles. The zero-order valence-corrected chi connectivity index (χ0v) is 14.5. The number of ether oxygens (including phenoxy) is 4. The molecule has 0 bridgehead atoms. The van der Waals surface area contributed by atoms with Crippen LogP contribution in [0.3, 0.4) is 0 Å². The van der Waals surface area contributed by atoms with Crippen molar-refractivity contribution in [2.24, 2.45) is 0 Å². The minimum atomic E-state index is -0.359. The molecule has 0 unspecified atom stereocenters. The van der Waals surface area contributed by atoms with Crippen LogP contribution in [0.2, 0.25) is 0 Å². The van der Waals surface area contributed by atoms with Gasteiger partial charge in [0.1, 0.15) is 26.4 Å². The molecule has 0 aliphatic carbocycles. The maximum atomic E-state index is 10.8. The number of nitrogens with zero attached hydrogens (tertiary/aromatic N) is 2. The van der Waals surface area contributed by atoms with Crippen molar-refractivity contribution < 1.29 is 38.1 Å². The van der Waals surface area contributed by atoms with Crippen molar-refractivity contribution in [2.45, 2.75) is 6.92 Å². The van der Waals surface area contributed by atoms with Crippen LogP contribution in [0.15, 0.2) is 0 Å². The van der Waals surface area contributed by atoms with E-state index in [0.717, 1.165) is 0 Å². The number of esters is 1. The molecule has 0 spiro atoms. The highest BCUT2D eigenvalue weighted by Crippen LogP contribution is 1.95. The summed E-state index contributed by atoms with van der Waals surface area (Å²) in [5.41, 5.74) is 0. The second kappa shape index (κ2) is 16.7. The van der Waals surface area contributed by atoms with Crippen LogP contribution in [0.4, 0.5) is 0 Å². The topological polar surface area (TPSA) is 112 Å². The number of carbonyl (C=O) groups is 4. The second-order valence-corrected chi connectivity index (χ2v) is 4.92. The first-order valence-electron chi connectivity index (χ1n) is 7.87. The van der Waals surface area contributed by atoms with Crippen LogP contribution >= 0.6 is 0 Å². The Hall–Kier alpha value is -2.20. The average Bonchev–Trinajstić information content (AvgIpc) is 2.58. The summed E-state index contributed by atoms with van der Waals surface area (Å²) >= 11 is 0. The van der Waals surface area contributed by atoms with Gasteiger partial charge < -0.3 is 18.9 Å². The molecule has 0 aromatic carbocycles. The molecule has 10 nitrogen and oxygen atoms in total. The van der Waals surface area contributed by atoms with E-state index in [0.29, 0.717) is 58.7 Å². The SMILES string of the molecule is CC(=O)OCCN(CCOC=O)CCN(CCOC=O)CCOC=O. The molecule has 0 saturated carbocycles. The fraction of sp³-hybridized carbons (Fsp3) is 0.733. The third-order valence-electron chi connectivity index (χ3n) is 3.23. The van der Waals surface area contributed by atoms with Gasteiger partial charge in [-0.3, -0.25) is 29.0 Å². The molecule has 0 aliphatic heterocycles. The second-order valence-electron chi connectivity index (χ2n) is 4.92. The highest BCUT2D eigenvalue weighted by atomic mass is 16.5. The standard InChI is InChI=1S/C15H26N2O8/c1-15(21)25-11-7-17(6-10-24-14-20)3-2-16(4-8-22-12-18)5-9-23-13-19/h12-14H,2-11H2,1H3. The maximum absolute atomic E-state index is 10.8. The number of carbonyl (C=O) groups excluding carboxylic acids is 4. The van der Waals surface area contributed by atoms with Crippen LogP contribution in [0.25, 0.3) is 0 Å². The van der Waals surface area contributed by atoms with Crippen molar-refractivity contribution in [3.05, 3.63) is 0 Å². The summed E-state index contributed by atoms with van der Waals surface area (Å²) in [5.74, 6) is -0.359. The van der Waals surface area contributed by atoms with Gasteiger partial charge in [0.25, 0.3) is 19.4 Å². The van der Waals surface area contributed by atoms with Gasteiger partial charge in [0, 0.05) is 46.2 Å². The Bertz CT molecular complexity index is 367. The zero-order valence-electron chi connectivity index (χ0n) is 14.5. The van der Waals surface area contributed by atoms with Gasteiger partial charge in [-0.2, -0.15) is 0 Å². The van der Waals surface area contributed by atoms with Gasteiger partial charge in [-0.15, -0.1) is 0 Å². The summed E-state index contributed by atoms with van der Waals surface area (Å²) < 4.78 is 19.0. The fourth-order valence-corrected chi connectivity index (χ4v) is 1.96. The van der Waals surface area contributed by atoms with Gasteiger partial charge in [0.05, 0.1) is 0 Å². The number of hydrogen-bond donors (Lipinski definition) is 0. The van der Waals surface area contributed by atoms with Crippen molar-refractivity contribution in [2.75, 3.05) is 65.7 Å². The summed E-state index contributed by atoms with van der Waals surface area (Å²) in [7, 11) is 0. The van der Waals surface area contributed by atoms with Gasteiger partial charge in [-0.25, -0.2) is 0 Å². The van der Waals surface area contributed by atoms with Crippen molar-refractivity contribution in [3.63, 3.8) is 0 Å². The van der Waals surface area contributed by atoms with E-state index in [1.165, 1.54) is 6.92 Å². The Labute approximate surface area is 146 Å². The molecular weight excluding hydrogens is 336 g/mol. The molecule has 25 heavy (non-hydrogen) atoms. The Morgan fingerprint density at radius 3 is 1.36 bits per heavy atom. The lowest BCUT2D eigenvalue weighted by Gasteiger charge is -2.27. The van der Waals surface area contributed by atoms with Crippen molar-refractivity contribution in [1.29, 1.82) is 0 Å². The van der Waals surface area contributed by atoms with E-state index in [9.17, 15) is 19.2 Å². The molecule has 144 valence electrons. The Balaban J connectivity index is 4.37.